The number of aryl methyl sites for hydroxylation is 1. The van der Waals surface area contributed by atoms with Crippen LogP contribution < -0.4 is 15.4 Å². The molecule has 164 valence electrons. The molecule has 0 saturated carbocycles. The molecule has 4 rings (SSSR count). The first-order chi connectivity index (χ1) is 14.8. The van der Waals surface area contributed by atoms with Gasteiger partial charge >= 0.3 is 0 Å². The average Bonchev–Trinajstić information content (AvgIpc) is 3.13. The van der Waals surface area contributed by atoms with Gasteiger partial charge in [-0.2, -0.15) is 0 Å². The third kappa shape index (κ3) is 4.67. The number of carbonyl (C=O) groups excluding carboxylic acids is 1. The van der Waals surface area contributed by atoms with Crippen molar-refractivity contribution in [3.05, 3.63) is 53.6 Å². The number of rotatable bonds is 5. The molecule has 1 aromatic carbocycles. The molecule has 2 aromatic rings. The van der Waals surface area contributed by atoms with E-state index in [2.05, 4.69) is 25.3 Å². The van der Waals surface area contributed by atoms with Gasteiger partial charge in [-0.25, -0.2) is 13.1 Å². The number of hydrogen-bond donors (Lipinski definition) is 4. The second kappa shape index (κ2) is 8.23. The van der Waals surface area contributed by atoms with Crippen molar-refractivity contribution in [3.63, 3.8) is 0 Å². The summed E-state index contributed by atoms with van der Waals surface area (Å²) in [7, 11) is -3.81. The lowest BCUT2D eigenvalue weighted by Crippen LogP contribution is -2.53. The van der Waals surface area contributed by atoms with Gasteiger partial charge in [-0.1, -0.05) is 6.07 Å². The number of carbonyl (C=O) groups is 1. The van der Waals surface area contributed by atoms with Crippen LogP contribution >= 0.6 is 0 Å². The molecule has 11 heteroatoms. The minimum Gasteiger partial charge on any atom is -0.354 e. The van der Waals surface area contributed by atoms with Gasteiger partial charge < -0.3 is 15.5 Å². The smallest absolute Gasteiger partial charge is 0.253 e. The van der Waals surface area contributed by atoms with Gasteiger partial charge in [-0.15, -0.1) is 0 Å². The van der Waals surface area contributed by atoms with Crippen LogP contribution in [0.2, 0.25) is 0 Å². The predicted octanol–water partition coefficient (Wildman–Crippen LogP) is 0.366. The zero-order valence-corrected chi connectivity index (χ0v) is 18.0. The van der Waals surface area contributed by atoms with E-state index in [1.165, 1.54) is 18.3 Å². The first-order valence-electron chi connectivity index (χ1n) is 10.0. The maximum absolute atomic E-state index is 13.0. The minimum atomic E-state index is -3.81. The van der Waals surface area contributed by atoms with E-state index < -0.39 is 10.0 Å². The lowest BCUT2D eigenvalue weighted by Gasteiger charge is -2.38. The van der Waals surface area contributed by atoms with Crippen LogP contribution in [0.3, 0.4) is 0 Å². The Morgan fingerprint density at radius 1 is 1.26 bits per heavy atom. The van der Waals surface area contributed by atoms with Gasteiger partial charge in [0.1, 0.15) is 0 Å². The molecular formula is C20H25N7O3S. The molecule has 2 saturated heterocycles. The van der Waals surface area contributed by atoms with E-state index >= 15 is 0 Å². The molecule has 2 aliphatic heterocycles. The standard InChI is InChI=1S/C20H25N7O3S/c1-14-10-23-16(11-22-14)12-25-31(29,30)17-4-2-3-15(9-17)18(28)27-7-5-20(6-8-27)13-24-19(21)26-20/h2-4,9-11,25H,5-8,12-13H2,1H3,(H3,21,24,26). The fourth-order valence-corrected chi connectivity index (χ4v) is 4.84. The molecule has 1 amide bonds. The third-order valence-corrected chi connectivity index (χ3v) is 7.07. The van der Waals surface area contributed by atoms with Crippen molar-refractivity contribution in [2.24, 2.45) is 0 Å². The molecule has 0 bridgehead atoms. The number of nitrogens with one attached hydrogen (secondary N) is 4. The van der Waals surface area contributed by atoms with Crippen molar-refractivity contribution in [1.82, 2.24) is 30.2 Å². The van der Waals surface area contributed by atoms with Crippen molar-refractivity contribution >= 4 is 21.9 Å². The zero-order valence-electron chi connectivity index (χ0n) is 17.2. The van der Waals surface area contributed by atoms with E-state index in [1.807, 2.05) is 0 Å². The van der Waals surface area contributed by atoms with Gasteiger partial charge in [-0.3, -0.25) is 20.2 Å². The summed E-state index contributed by atoms with van der Waals surface area (Å²) in [6.45, 7) is 3.58. The van der Waals surface area contributed by atoms with Crippen LogP contribution in [-0.4, -0.2) is 60.3 Å². The number of likely N-dealkylation sites (tertiary alicyclic amines) is 1. The van der Waals surface area contributed by atoms with Crippen LogP contribution in [0.15, 0.2) is 41.6 Å². The van der Waals surface area contributed by atoms with Crippen LogP contribution in [0.1, 0.15) is 34.6 Å². The number of sulfonamides is 1. The Kier molecular flexibility index (Phi) is 5.63. The normalized spacial score (nSPS) is 18.0. The van der Waals surface area contributed by atoms with Gasteiger partial charge in [0.15, 0.2) is 5.96 Å². The van der Waals surface area contributed by atoms with Crippen LogP contribution in [0.25, 0.3) is 0 Å². The van der Waals surface area contributed by atoms with Crippen LogP contribution in [0.4, 0.5) is 0 Å². The molecule has 10 nitrogen and oxygen atoms in total. The molecule has 0 radical (unpaired) electrons. The highest BCUT2D eigenvalue weighted by Crippen LogP contribution is 2.25. The molecular weight excluding hydrogens is 418 g/mol. The lowest BCUT2D eigenvalue weighted by molar-refractivity contribution is 0.0668. The molecule has 1 aromatic heterocycles. The Bertz CT molecular complexity index is 1090. The number of guanidine groups is 1. The van der Waals surface area contributed by atoms with Gasteiger partial charge in [-0.05, 0) is 38.0 Å². The second-order valence-electron chi connectivity index (χ2n) is 7.93. The van der Waals surface area contributed by atoms with Gasteiger partial charge in [0.25, 0.3) is 5.91 Å². The maximum Gasteiger partial charge on any atom is 0.253 e. The first-order valence-corrected chi connectivity index (χ1v) is 11.5. The maximum atomic E-state index is 13.0. The highest BCUT2D eigenvalue weighted by atomic mass is 32.2. The number of benzene rings is 1. The summed E-state index contributed by atoms with van der Waals surface area (Å²) in [6.07, 6.45) is 4.55. The van der Waals surface area contributed by atoms with Crippen LogP contribution in [-0.2, 0) is 16.6 Å². The lowest BCUT2D eigenvalue weighted by atomic mass is 9.88. The number of hydrogen-bond acceptors (Lipinski definition) is 6. The molecule has 0 unspecified atom stereocenters. The zero-order chi connectivity index (χ0) is 22.1. The molecule has 31 heavy (non-hydrogen) atoms. The molecule has 0 aliphatic carbocycles. The first kappa shape index (κ1) is 21.2. The molecule has 4 N–H and O–H groups in total. The van der Waals surface area contributed by atoms with E-state index in [-0.39, 0.29) is 22.9 Å². The fraction of sp³-hybridized carbons (Fsp3) is 0.400. The summed E-state index contributed by atoms with van der Waals surface area (Å²) in [5, 5.41) is 13.8. The molecule has 1 spiro atoms. The topological polar surface area (TPSA) is 140 Å². The summed E-state index contributed by atoms with van der Waals surface area (Å²) >= 11 is 0. The van der Waals surface area contributed by atoms with E-state index in [9.17, 15) is 13.2 Å². The summed E-state index contributed by atoms with van der Waals surface area (Å²) in [5.74, 6) is 0.124. The Morgan fingerprint density at radius 2 is 2.03 bits per heavy atom. The van der Waals surface area contributed by atoms with E-state index in [1.54, 1.807) is 30.2 Å². The summed E-state index contributed by atoms with van der Waals surface area (Å²) in [5.41, 5.74) is 1.41. The Labute approximate surface area is 181 Å². The van der Waals surface area contributed by atoms with E-state index in [4.69, 9.17) is 5.41 Å². The molecule has 3 heterocycles. The monoisotopic (exact) mass is 443 g/mol. The summed E-state index contributed by atoms with van der Waals surface area (Å²) in [6, 6.07) is 6.07. The average molecular weight is 444 g/mol. The largest absolute Gasteiger partial charge is 0.354 e. The number of aromatic nitrogens is 2. The SMILES string of the molecule is Cc1cnc(CNS(=O)(=O)c2cccc(C(=O)N3CCC4(CC3)CNC(=N)N4)c2)cn1. The minimum absolute atomic E-state index is 0.0119. The summed E-state index contributed by atoms with van der Waals surface area (Å²) in [4.78, 5) is 23.0. The van der Waals surface area contributed by atoms with Crippen molar-refractivity contribution in [2.75, 3.05) is 19.6 Å². The Hall–Kier alpha value is -3.05. The van der Waals surface area contributed by atoms with Crippen molar-refractivity contribution in [2.45, 2.75) is 36.7 Å². The summed E-state index contributed by atoms with van der Waals surface area (Å²) < 4.78 is 27.9. The van der Waals surface area contributed by atoms with Gasteiger partial charge in [0.05, 0.1) is 34.6 Å². The van der Waals surface area contributed by atoms with Crippen LogP contribution in [0.5, 0.6) is 0 Å². The van der Waals surface area contributed by atoms with E-state index in [0.29, 0.717) is 36.9 Å². The van der Waals surface area contributed by atoms with Gasteiger partial charge in [0.2, 0.25) is 10.0 Å². The molecule has 2 fully saturated rings. The third-order valence-electron chi connectivity index (χ3n) is 5.67. The van der Waals surface area contributed by atoms with Crippen LogP contribution in [0, 0.1) is 12.3 Å². The predicted molar refractivity (Wildman–Crippen MR) is 114 cm³/mol. The molecule has 0 atom stereocenters. The Balaban J connectivity index is 1.42. The molecule has 2 aliphatic rings. The van der Waals surface area contributed by atoms with Crippen molar-refractivity contribution in [3.8, 4) is 0 Å². The van der Waals surface area contributed by atoms with E-state index in [0.717, 1.165) is 18.5 Å². The number of piperidine rings is 1. The fourth-order valence-electron chi connectivity index (χ4n) is 3.79. The number of amides is 1. The number of nitrogens with zero attached hydrogens (tertiary/aromatic N) is 3. The second-order valence-corrected chi connectivity index (χ2v) is 9.69. The van der Waals surface area contributed by atoms with Crippen molar-refractivity contribution < 1.29 is 13.2 Å². The highest BCUT2D eigenvalue weighted by molar-refractivity contribution is 7.89. The van der Waals surface area contributed by atoms with Crippen molar-refractivity contribution in [1.29, 1.82) is 5.41 Å². The Morgan fingerprint density at radius 3 is 2.68 bits per heavy atom. The quantitative estimate of drug-likeness (QED) is 0.523. The highest BCUT2D eigenvalue weighted by Gasteiger charge is 2.40. The van der Waals surface area contributed by atoms with Gasteiger partial charge in [0, 0.05) is 31.4 Å².